The normalized spacial score (nSPS) is 25.1. The first-order valence-corrected chi connectivity index (χ1v) is 11.1. The largest absolute Gasteiger partial charge is 0.367 e. The first kappa shape index (κ1) is 20.5. The topological polar surface area (TPSA) is 65.8 Å². The van der Waals surface area contributed by atoms with E-state index in [1.807, 2.05) is 61.1 Å². The van der Waals surface area contributed by atoms with Gasteiger partial charge in [-0.2, -0.15) is 5.10 Å². The van der Waals surface area contributed by atoms with Crippen LogP contribution in [0.2, 0.25) is 0 Å². The van der Waals surface area contributed by atoms with Crippen molar-refractivity contribution < 1.29 is 4.79 Å². The number of rotatable bonds is 2. The van der Waals surface area contributed by atoms with Gasteiger partial charge >= 0.3 is 0 Å². The van der Waals surface area contributed by atoms with Gasteiger partial charge < -0.3 is 10.2 Å². The Labute approximate surface area is 188 Å². The molecule has 7 heteroatoms. The Hall–Kier alpha value is -3.45. The zero-order valence-corrected chi connectivity index (χ0v) is 18.9. The van der Waals surface area contributed by atoms with Crippen LogP contribution in [0.5, 0.6) is 0 Å². The van der Waals surface area contributed by atoms with Gasteiger partial charge in [0, 0.05) is 48.7 Å². The zero-order valence-electron chi connectivity index (χ0n) is 18.9. The number of piperazine rings is 1. The summed E-state index contributed by atoms with van der Waals surface area (Å²) in [5, 5.41) is 8.25. The SMILES string of the molecule is Cc1cn2nc(C3=CC(=O)N4C=C(N5C[C@@H](C)N[C@@H](C)C5)C=C/C4=C\C=C3)cc2c(C)n1. The predicted octanol–water partition coefficient (Wildman–Crippen LogP) is 3.11. The summed E-state index contributed by atoms with van der Waals surface area (Å²) in [7, 11) is 0. The molecule has 0 saturated carbocycles. The summed E-state index contributed by atoms with van der Waals surface area (Å²) in [5.41, 5.74) is 6.21. The second-order valence-electron chi connectivity index (χ2n) is 8.85. The second kappa shape index (κ2) is 7.91. The molecule has 3 aliphatic heterocycles. The molecule has 0 radical (unpaired) electrons. The molecule has 2 atom stereocenters. The maximum Gasteiger partial charge on any atom is 0.255 e. The van der Waals surface area contributed by atoms with Crippen molar-refractivity contribution in [1.29, 1.82) is 0 Å². The number of amides is 1. The number of nitrogens with one attached hydrogen (secondary N) is 1. The van der Waals surface area contributed by atoms with Crippen LogP contribution in [0.15, 0.2) is 66.3 Å². The summed E-state index contributed by atoms with van der Waals surface area (Å²) in [4.78, 5) is 21.9. The van der Waals surface area contributed by atoms with Crippen molar-refractivity contribution in [1.82, 2.24) is 29.7 Å². The molecule has 5 heterocycles. The highest BCUT2D eigenvalue weighted by atomic mass is 16.2. The van der Waals surface area contributed by atoms with Crippen LogP contribution in [-0.2, 0) is 4.79 Å². The van der Waals surface area contributed by atoms with Crippen LogP contribution < -0.4 is 5.32 Å². The molecular weight excluding hydrogens is 400 g/mol. The Morgan fingerprint density at radius 2 is 1.81 bits per heavy atom. The van der Waals surface area contributed by atoms with Crippen LogP contribution >= 0.6 is 0 Å². The van der Waals surface area contributed by atoms with Gasteiger partial charge in [-0.3, -0.25) is 14.7 Å². The number of aryl methyl sites for hydroxylation is 2. The highest BCUT2D eigenvalue weighted by molar-refractivity contribution is 5.99. The molecule has 1 amide bonds. The van der Waals surface area contributed by atoms with Crippen molar-refractivity contribution in [3.63, 3.8) is 0 Å². The molecule has 7 nitrogen and oxygen atoms in total. The summed E-state index contributed by atoms with van der Waals surface area (Å²) >= 11 is 0. The van der Waals surface area contributed by atoms with Crippen LogP contribution in [0.1, 0.15) is 30.9 Å². The molecule has 2 aromatic rings. The third-order valence-electron chi connectivity index (χ3n) is 6.00. The standard InChI is InChI=1S/C25H28N6O/c1-16-12-29(13-17(2)26-16)22-9-8-21-7-5-6-20(10-25(32)30(21)15-22)23-11-24-19(4)27-18(3)14-31(24)28-23/h5-11,14-17,26H,12-13H2,1-4H3/b6-5?,20-10?,21-7+/t16-,17+. The molecule has 1 fully saturated rings. The molecule has 0 aliphatic carbocycles. The second-order valence-corrected chi connectivity index (χ2v) is 8.85. The highest BCUT2D eigenvalue weighted by Gasteiger charge is 2.25. The molecule has 0 unspecified atom stereocenters. The predicted molar refractivity (Wildman–Crippen MR) is 125 cm³/mol. The van der Waals surface area contributed by atoms with Gasteiger partial charge in [0.2, 0.25) is 0 Å². The lowest BCUT2D eigenvalue weighted by Gasteiger charge is -2.39. The number of nitrogens with zero attached hydrogens (tertiary/aromatic N) is 5. The zero-order chi connectivity index (χ0) is 22.4. The Morgan fingerprint density at radius 1 is 1.06 bits per heavy atom. The number of hydrogen-bond acceptors (Lipinski definition) is 5. The van der Waals surface area contributed by atoms with E-state index >= 15 is 0 Å². The Morgan fingerprint density at radius 3 is 2.59 bits per heavy atom. The molecule has 1 saturated heterocycles. The van der Waals surface area contributed by atoms with Crippen molar-refractivity contribution in [2.24, 2.45) is 0 Å². The fraction of sp³-hybridized carbons (Fsp3) is 0.320. The number of hydrogen-bond donors (Lipinski definition) is 1. The maximum atomic E-state index is 13.3. The van der Waals surface area contributed by atoms with Crippen molar-refractivity contribution in [2.45, 2.75) is 39.8 Å². The first-order chi connectivity index (χ1) is 15.4. The van der Waals surface area contributed by atoms with E-state index in [1.54, 1.807) is 11.0 Å². The Bertz CT molecular complexity index is 1230. The number of carbonyl (C=O) groups is 1. The summed E-state index contributed by atoms with van der Waals surface area (Å²) in [6.07, 6.45) is 15.5. The van der Waals surface area contributed by atoms with Crippen LogP contribution in [0.4, 0.5) is 0 Å². The van der Waals surface area contributed by atoms with E-state index in [2.05, 4.69) is 35.1 Å². The van der Waals surface area contributed by atoms with Crippen LogP contribution in [0.25, 0.3) is 11.1 Å². The van der Waals surface area contributed by atoms with Crippen LogP contribution in [0, 0.1) is 13.8 Å². The van der Waals surface area contributed by atoms with Crippen molar-refractivity contribution >= 4 is 17.0 Å². The number of aromatic nitrogens is 3. The Kier molecular flexibility index (Phi) is 5.06. The molecule has 0 spiro atoms. The quantitative estimate of drug-likeness (QED) is 0.796. The lowest BCUT2D eigenvalue weighted by molar-refractivity contribution is -0.122. The van der Waals surface area contributed by atoms with E-state index in [-0.39, 0.29) is 5.91 Å². The van der Waals surface area contributed by atoms with E-state index in [0.29, 0.717) is 12.1 Å². The van der Waals surface area contributed by atoms with Gasteiger partial charge in [0.05, 0.1) is 34.5 Å². The van der Waals surface area contributed by atoms with Crippen molar-refractivity contribution in [3.8, 4) is 0 Å². The lowest BCUT2D eigenvalue weighted by atomic mass is 10.1. The van der Waals surface area contributed by atoms with Gasteiger partial charge in [-0.05, 0) is 52.0 Å². The molecule has 2 aromatic heterocycles. The van der Waals surface area contributed by atoms with Gasteiger partial charge in [0.15, 0.2) is 0 Å². The van der Waals surface area contributed by atoms with Crippen LogP contribution in [0.3, 0.4) is 0 Å². The summed E-state index contributed by atoms with van der Waals surface area (Å²) in [6, 6.07) is 2.79. The van der Waals surface area contributed by atoms with Crippen LogP contribution in [-0.4, -0.2) is 55.5 Å². The Balaban J connectivity index is 1.48. The maximum absolute atomic E-state index is 13.3. The first-order valence-electron chi connectivity index (χ1n) is 11.1. The number of fused-ring (bicyclic) bond motifs is 2. The highest BCUT2D eigenvalue weighted by Crippen LogP contribution is 2.26. The smallest absolute Gasteiger partial charge is 0.255 e. The fourth-order valence-corrected chi connectivity index (χ4v) is 4.64. The average Bonchev–Trinajstić information content (AvgIpc) is 3.15. The molecule has 3 aliphatic rings. The number of allylic oxidation sites excluding steroid dienone is 6. The molecule has 0 aromatic carbocycles. The van der Waals surface area contributed by atoms with E-state index in [0.717, 1.165) is 52.7 Å². The molecule has 0 bridgehead atoms. The molecule has 5 rings (SSSR count). The third kappa shape index (κ3) is 3.80. The monoisotopic (exact) mass is 428 g/mol. The van der Waals surface area contributed by atoms with Gasteiger partial charge in [0.1, 0.15) is 0 Å². The fourth-order valence-electron chi connectivity index (χ4n) is 4.64. The van der Waals surface area contributed by atoms with E-state index < -0.39 is 0 Å². The van der Waals surface area contributed by atoms with Crippen molar-refractivity contribution in [2.75, 3.05) is 13.1 Å². The minimum atomic E-state index is -0.0863. The molecule has 32 heavy (non-hydrogen) atoms. The minimum absolute atomic E-state index is 0.0863. The lowest BCUT2D eigenvalue weighted by Crippen LogP contribution is -2.53. The molecule has 1 N–H and O–H groups in total. The average molecular weight is 429 g/mol. The van der Waals surface area contributed by atoms with Gasteiger partial charge in [-0.1, -0.05) is 12.2 Å². The molecule has 164 valence electrons. The third-order valence-corrected chi connectivity index (χ3v) is 6.00. The summed E-state index contributed by atoms with van der Waals surface area (Å²) in [5.74, 6) is -0.0863. The summed E-state index contributed by atoms with van der Waals surface area (Å²) < 4.78 is 1.83. The van der Waals surface area contributed by atoms with E-state index in [9.17, 15) is 4.79 Å². The minimum Gasteiger partial charge on any atom is -0.367 e. The van der Waals surface area contributed by atoms with Gasteiger partial charge in [-0.15, -0.1) is 0 Å². The van der Waals surface area contributed by atoms with Crippen molar-refractivity contribution in [3.05, 3.63) is 83.4 Å². The van der Waals surface area contributed by atoms with Gasteiger partial charge in [0.25, 0.3) is 5.91 Å². The summed E-state index contributed by atoms with van der Waals surface area (Å²) in [6.45, 7) is 10.1. The molecular formula is C25H28N6O. The van der Waals surface area contributed by atoms with E-state index in [1.165, 1.54) is 0 Å². The van der Waals surface area contributed by atoms with Gasteiger partial charge in [-0.25, -0.2) is 4.52 Å². The number of carbonyl (C=O) groups excluding carboxylic acids is 1. The van der Waals surface area contributed by atoms with E-state index in [4.69, 9.17) is 5.10 Å².